The number of likely N-dealkylation sites (tertiary alicyclic amines) is 2. The molecule has 8 aliphatic rings. The summed E-state index contributed by atoms with van der Waals surface area (Å²) in [6.07, 6.45) is 8.06. The lowest BCUT2D eigenvalue weighted by Gasteiger charge is -2.36. The molecule has 0 radical (unpaired) electrons. The number of benzene rings is 6. The molecule has 2 saturated carbocycles. The topological polar surface area (TPSA) is 241 Å². The van der Waals surface area contributed by atoms with E-state index in [-0.39, 0.29) is 49.1 Å². The van der Waals surface area contributed by atoms with E-state index in [9.17, 15) is 29.4 Å². The van der Waals surface area contributed by atoms with Gasteiger partial charge in [0.2, 0.25) is 11.8 Å². The zero-order valence-corrected chi connectivity index (χ0v) is 48.5. The fourth-order valence-corrected chi connectivity index (χ4v) is 14.6. The minimum Gasteiger partial charge on any atom is -0.445 e. The van der Waals surface area contributed by atoms with Gasteiger partial charge in [0.05, 0.1) is 40.3 Å². The molecule has 0 unspecified atom stereocenters. The number of H-pyrrole nitrogens is 2. The number of rotatable bonds is 14. The van der Waals surface area contributed by atoms with Gasteiger partial charge in [0.25, 0.3) is 0 Å². The number of hydrogen-bond acceptors (Lipinski definition) is 11. The molecule has 0 spiro atoms. The molecule has 86 heavy (non-hydrogen) atoms. The van der Waals surface area contributed by atoms with Gasteiger partial charge in [-0.3, -0.25) is 9.59 Å². The Morgan fingerprint density at radius 1 is 0.570 bits per heavy atom. The number of carbonyl (C=O) groups excluding carboxylic acids is 4. The van der Waals surface area contributed by atoms with Crippen LogP contribution in [0.2, 0.25) is 0 Å². The number of aromatic amines is 2. The lowest BCUT2D eigenvalue weighted by Crippen LogP contribution is -2.58. The number of nitrogens with two attached hydrogens (primary N) is 1. The van der Waals surface area contributed by atoms with Crippen molar-refractivity contribution in [3.8, 4) is 22.3 Å². The maximum Gasteiger partial charge on any atom is 0.408 e. The first-order chi connectivity index (χ1) is 41.9. The number of alkyl carbamates (subject to hydrolysis) is 2. The summed E-state index contributed by atoms with van der Waals surface area (Å²) in [5.41, 5.74) is 20.4. The first kappa shape index (κ1) is 56.7. The van der Waals surface area contributed by atoms with Crippen molar-refractivity contribution in [3.05, 3.63) is 178 Å². The van der Waals surface area contributed by atoms with E-state index in [0.717, 1.165) is 128 Å². The van der Waals surface area contributed by atoms with Crippen molar-refractivity contribution in [1.82, 2.24) is 40.4 Å². The van der Waals surface area contributed by atoms with Crippen molar-refractivity contribution in [1.29, 1.82) is 0 Å². The Balaban J connectivity index is 0.724. The van der Waals surface area contributed by atoms with Crippen molar-refractivity contribution in [2.24, 2.45) is 17.6 Å². The van der Waals surface area contributed by atoms with E-state index in [4.69, 9.17) is 25.2 Å². The van der Waals surface area contributed by atoms with Crippen LogP contribution in [0.4, 0.5) is 9.59 Å². The van der Waals surface area contributed by atoms with E-state index in [0.29, 0.717) is 18.1 Å². The lowest BCUT2D eigenvalue weighted by atomic mass is 9.84. The maximum atomic E-state index is 14.7. The molecule has 16 rings (SSSR count). The van der Waals surface area contributed by atoms with Gasteiger partial charge >= 0.3 is 12.2 Å². The highest BCUT2D eigenvalue weighted by Crippen LogP contribution is 2.48. The number of amides is 4. The van der Waals surface area contributed by atoms with E-state index in [1.807, 2.05) is 70.5 Å². The number of carbonyl (C=O) groups is 4. The monoisotopic (exact) mass is 1160 g/mol. The summed E-state index contributed by atoms with van der Waals surface area (Å²) in [6.45, 7) is 1.57. The summed E-state index contributed by atoms with van der Waals surface area (Å²) in [5.74, 6) is 1.10. The van der Waals surface area contributed by atoms with Crippen LogP contribution in [0, 0.1) is 11.8 Å². The smallest absolute Gasteiger partial charge is 0.408 e. The van der Waals surface area contributed by atoms with Crippen molar-refractivity contribution in [2.75, 3.05) is 0 Å². The van der Waals surface area contributed by atoms with Crippen LogP contribution in [0.25, 0.3) is 44.3 Å². The normalized spacial score (nSPS) is 22.3. The van der Waals surface area contributed by atoms with E-state index in [1.54, 1.807) is 0 Å². The second-order valence-corrected chi connectivity index (χ2v) is 24.5. The van der Waals surface area contributed by atoms with Gasteiger partial charge in [-0.2, -0.15) is 0 Å². The number of ether oxygens (including phenoxy) is 2. The average molecular weight is 1160 g/mol. The molecule has 6 aliphatic carbocycles. The minimum atomic E-state index is -1.66. The van der Waals surface area contributed by atoms with Gasteiger partial charge in [-0.05, 0) is 163 Å². The van der Waals surface area contributed by atoms with Gasteiger partial charge in [-0.25, -0.2) is 19.6 Å². The molecule has 17 heteroatoms. The quantitative estimate of drug-likeness (QED) is 0.0505. The molecule has 4 fully saturated rings. The molecule has 2 aliphatic heterocycles. The fourth-order valence-electron chi connectivity index (χ4n) is 14.6. The SMILES string of the molecule is C[C@@H](O)[C@H](NC(=O)OCc1ccccc1)C(=O)N1[C@H](c2nc3cc(-c4cc5ccc4CCc4ccc(c(-c6ccc7[nH]c([C@@H]8C[C@@H]9CCCC[C@@H]9N8C(=O)[C@@H](NC(=O)OCc8ccccc8)[C@@H](N)O)nc7c6)c4)CC5)ccc3[nH]2)C[C@@H]2CCCC[C@@H]21. The number of imidazole rings is 2. The Kier molecular flexibility index (Phi) is 16.2. The summed E-state index contributed by atoms with van der Waals surface area (Å²) in [5, 5.41) is 27.1. The van der Waals surface area contributed by atoms with E-state index < -0.39 is 48.6 Å². The number of nitrogens with one attached hydrogen (secondary N) is 4. The Bertz CT molecular complexity index is 3540. The lowest BCUT2D eigenvalue weighted by molar-refractivity contribution is -0.141. The van der Waals surface area contributed by atoms with Crippen LogP contribution in [-0.2, 0) is 58.0 Å². The number of nitrogens with zero attached hydrogens (tertiary/aromatic N) is 4. The largest absolute Gasteiger partial charge is 0.445 e. The predicted octanol–water partition coefficient (Wildman–Crippen LogP) is 10.6. The third-order valence-electron chi connectivity index (χ3n) is 19.0. The highest BCUT2D eigenvalue weighted by molar-refractivity contribution is 5.89. The summed E-state index contributed by atoms with van der Waals surface area (Å²) >= 11 is 0. The van der Waals surface area contributed by atoms with Crippen molar-refractivity contribution in [3.63, 3.8) is 0 Å². The number of aliphatic hydroxyl groups excluding tert-OH is 2. The van der Waals surface area contributed by atoms with Crippen LogP contribution in [-0.4, -0.2) is 100 Å². The number of aryl methyl sites for hydroxylation is 4. The molecule has 8 aromatic rings. The average Bonchev–Trinajstić information content (AvgIpc) is 1.71. The van der Waals surface area contributed by atoms with Gasteiger partial charge in [0.15, 0.2) is 6.04 Å². The summed E-state index contributed by atoms with van der Waals surface area (Å²) in [7, 11) is 0. The van der Waals surface area contributed by atoms with Crippen LogP contribution in [0.1, 0.15) is 128 Å². The Labute approximate surface area is 500 Å². The second-order valence-electron chi connectivity index (χ2n) is 24.5. The zero-order valence-electron chi connectivity index (χ0n) is 48.5. The second kappa shape index (κ2) is 24.5. The van der Waals surface area contributed by atoms with Crippen molar-refractivity contribution in [2.45, 2.75) is 159 Å². The summed E-state index contributed by atoms with van der Waals surface area (Å²) in [6, 6.07) is 41.6. The molecule has 10 atom stereocenters. The number of hydrogen-bond donors (Lipinski definition) is 7. The first-order valence-electron chi connectivity index (χ1n) is 30.8. The molecule has 2 aromatic heterocycles. The van der Waals surface area contributed by atoms with E-state index in [2.05, 4.69) is 93.4 Å². The Morgan fingerprint density at radius 3 is 1.47 bits per heavy atom. The van der Waals surface area contributed by atoms with Crippen molar-refractivity contribution >= 4 is 46.1 Å². The molecule has 4 bridgehead atoms. The van der Waals surface area contributed by atoms with Gasteiger partial charge in [0.1, 0.15) is 37.1 Å². The van der Waals surface area contributed by atoms with Gasteiger partial charge < -0.3 is 55.8 Å². The minimum absolute atomic E-state index is 0.00356. The summed E-state index contributed by atoms with van der Waals surface area (Å²) < 4.78 is 11.0. The van der Waals surface area contributed by atoms with Gasteiger partial charge in [-0.15, -0.1) is 0 Å². The van der Waals surface area contributed by atoms with Crippen LogP contribution < -0.4 is 16.4 Å². The fraction of sp³-hybridized carbons (Fsp3) is 0.391. The van der Waals surface area contributed by atoms with E-state index in [1.165, 1.54) is 40.3 Å². The molecule has 8 N–H and O–H groups in total. The molecule has 2 saturated heterocycles. The van der Waals surface area contributed by atoms with Crippen LogP contribution >= 0.6 is 0 Å². The molecule has 6 aromatic carbocycles. The number of aliphatic hydroxyl groups is 2. The van der Waals surface area contributed by atoms with Gasteiger partial charge in [0, 0.05) is 12.1 Å². The van der Waals surface area contributed by atoms with Crippen molar-refractivity contribution < 1.29 is 38.9 Å². The molecule has 4 heterocycles. The molecule has 4 amide bonds. The number of aromatic nitrogens is 4. The molecule has 17 nitrogen and oxygen atoms in total. The third kappa shape index (κ3) is 11.7. The maximum absolute atomic E-state index is 14.7. The van der Waals surface area contributed by atoms with Crippen LogP contribution in [0.3, 0.4) is 0 Å². The molecule has 444 valence electrons. The Morgan fingerprint density at radius 2 is 1.01 bits per heavy atom. The highest BCUT2D eigenvalue weighted by atomic mass is 16.6. The predicted molar refractivity (Wildman–Crippen MR) is 327 cm³/mol. The Hall–Kier alpha value is -8.38. The molecular formula is C69H75N9O8. The summed E-state index contributed by atoms with van der Waals surface area (Å²) in [4.78, 5) is 76.9. The molecular weight excluding hydrogens is 1080 g/mol. The number of fused-ring (bicyclic) bond motifs is 4. The van der Waals surface area contributed by atoms with Crippen LogP contribution in [0.15, 0.2) is 133 Å². The highest BCUT2D eigenvalue weighted by Gasteiger charge is 2.50. The van der Waals surface area contributed by atoms with E-state index >= 15 is 0 Å². The first-order valence-corrected chi connectivity index (χ1v) is 30.8. The van der Waals surface area contributed by atoms with Gasteiger partial charge in [-0.1, -0.05) is 135 Å². The zero-order chi connectivity index (χ0) is 59.0. The standard InChI is InChI=1S/C69H75N9O8/c1-40(79)61(75-68(83)85-38-43-12-4-2-5-13-43)66(81)77-57-18-10-8-16-49(57)36-59(77)64-71-53-30-28-47(34-55(53)73-64)51-32-41-20-24-45(51)25-21-42-23-27-46(26-22-41)52(33-42)48-29-31-54-56(35-48)74-65(72-54)60-37-50-17-9-11-19-58(50)78(60)67(82)62(63(70)80)76-69(84)86-39-44-14-6-3-7-15-44/h2-7,12-15,20,23-24,27-35,40,49-50,57-63,79-80H,8-11,16-19,21-22,25-26,36-39,70H2,1H3,(H,71,73)(H,72,74)(H,75,83)(H,76,84)/t40-,49+,50+,57+,58+,59+,60+,61+,62+,63+/m1/s1. The van der Waals surface area contributed by atoms with Crippen LogP contribution in [0.5, 0.6) is 0 Å². The third-order valence-corrected chi connectivity index (χ3v) is 19.0.